The van der Waals surface area contributed by atoms with E-state index in [0.29, 0.717) is 0 Å². The van der Waals surface area contributed by atoms with Gasteiger partial charge in [0.2, 0.25) is 0 Å². The van der Waals surface area contributed by atoms with Gasteiger partial charge in [-0.15, -0.1) is 0 Å². The number of hydrogen-bond acceptors (Lipinski definition) is 1. The van der Waals surface area contributed by atoms with Crippen LogP contribution in [0.5, 0.6) is 0 Å². The number of halogens is 1. The van der Waals surface area contributed by atoms with E-state index < -0.39 is 0 Å². The Morgan fingerprint density at radius 1 is 1.25 bits per heavy atom. The predicted molar refractivity (Wildman–Crippen MR) is 67.0 cm³/mol. The molecule has 0 heterocycles. The monoisotopic (exact) mass is 223 g/mol. The first kappa shape index (κ1) is 13.2. The summed E-state index contributed by atoms with van der Waals surface area (Å²) < 4.78 is 13.3. The Hall–Kier alpha value is -0.890. The molecule has 0 aromatic heterocycles. The number of nitrogens with zero attached hydrogens (tertiary/aromatic N) is 1. The minimum Gasteiger partial charge on any atom is -0.302 e. The van der Waals surface area contributed by atoms with Crippen LogP contribution in [0.25, 0.3) is 0 Å². The van der Waals surface area contributed by atoms with Crippen molar-refractivity contribution in [2.24, 2.45) is 0 Å². The number of unbranched alkanes of at least 4 members (excludes halogenated alkanes) is 2. The lowest BCUT2D eigenvalue weighted by molar-refractivity contribution is 0.317. The summed E-state index contributed by atoms with van der Waals surface area (Å²) in [5.74, 6) is -0.0977. The summed E-state index contributed by atoms with van der Waals surface area (Å²) in [6.45, 7) is 5.92. The molecule has 0 radical (unpaired) electrons. The van der Waals surface area contributed by atoms with Crippen LogP contribution in [0, 0.1) is 12.7 Å². The van der Waals surface area contributed by atoms with E-state index in [1.54, 1.807) is 13.0 Å². The Balaban J connectivity index is 2.43. The second-order valence-corrected chi connectivity index (χ2v) is 4.53. The lowest BCUT2D eigenvalue weighted by Crippen LogP contribution is -2.19. The molecule has 0 N–H and O–H groups in total. The maximum Gasteiger partial charge on any atom is 0.126 e. The first-order valence-electron chi connectivity index (χ1n) is 6.07. The van der Waals surface area contributed by atoms with Gasteiger partial charge >= 0.3 is 0 Å². The van der Waals surface area contributed by atoms with Crippen LogP contribution in [0.1, 0.15) is 37.3 Å². The fraction of sp³-hybridized carbons (Fsp3) is 0.571. The zero-order chi connectivity index (χ0) is 12.0. The smallest absolute Gasteiger partial charge is 0.126 e. The molecule has 1 aromatic rings. The van der Waals surface area contributed by atoms with Gasteiger partial charge in [0.1, 0.15) is 5.82 Å². The number of aryl methyl sites for hydroxylation is 1. The molecule has 0 aliphatic rings. The summed E-state index contributed by atoms with van der Waals surface area (Å²) in [6.07, 6.45) is 3.74. The van der Waals surface area contributed by atoms with Gasteiger partial charge in [-0.2, -0.15) is 0 Å². The quantitative estimate of drug-likeness (QED) is 0.664. The van der Waals surface area contributed by atoms with Crippen LogP contribution in [0.3, 0.4) is 0 Å². The Morgan fingerprint density at radius 3 is 2.62 bits per heavy atom. The van der Waals surface area contributed by atoms with Crippen LogP contribution in [0.4, 0.5) is 4.39 Å². The maximum atomic E-state index is 13.3. The minimum absolute atomic E-state index is 0.0977. The Bertz CT molecular complexity index is 323. The third-order valence-corrected chi connectivity index (χ3v) is 2.83. The lowest BCUT2D eigenvalue weighted by atomic mass is 10.1. The topological polar surface area (TPSA) is 3.24 Å². The highest BCUT2D eigenvalue weighted by Gasteiger charge is 2.02. The van der Waals surface area contributed by atoms with Crippen LogP contribution in [0.15, 0.2) is 18.2 Å². The molecule has 0 saturated heterocycles. The molecule has 0 spiro atoms. The van der Waals surface area contributed by atoms with E-state index in [1.165, 1.54) is 19.3 Å². The Labute approximate surface area is 98.3 Å². The molecule has 16 heavy (non-hydrogen) atoms. The van der Waals surface area contributed by atoms with Gasteiger partial charge in [-0.3, -0.25) is 0 Å². The third-order valence-electron chi connectivity index (χ3n) is 2.83. The van der Waals surface area contributed by atoms with Gasteiger partial charge in [-0.25, -0.2) is 4.39 Å². The van der Waals surface area contributed by atoms with E-state index >= 15 is 0 Å². The third kappa shape index (κ3) is 4.31. The molecule has 1 rings (SSSR count). The van der Waals surface area contributed by atoms with Gasteiger partial charge in [0.25, 0.3) is 0 Å². The second kappa shape index (κ2) is 6.64. The maximum absolute atomic E-state index is 13.3. The van der Waals surface area contributed by atoms with Crippen LogP contribution < -0.4 is 0 Å². The number of rotatable bonds is 6. The molecule has 1 nitrogen and oxygen atoms in total. The minimum atomic E-state index is -0.0977. The highest BCUT2D eigenvalue weighted by atomic mass is 19.1. The normalized spacial score (nSPS) is 11.1. The standard InChI is InChI=1S/C14H22FN/c1-4-5-6-9-16(3)11-13-8-7-12(2)14(15)10-13/h7-8,10H,4-6,9,11H2,1-3H3. The predicted octanol–water partition coefficient (Wildman–Crippen LogP) is 3.76. The zero-order valence-electron chi connectivity index (χ0n) is 10.6. The summed E-state index contributed by atoms with van der Waals surface area (Å²) in [7, 11) is 2.09. The first-order chi connectivity index (χ1) is 7.63. The fourth-order valence-corrected chi connectivity index (χ4v) is 1.76. The van der Waals surface area contributed by atoms with Crippen molar-refractivity contribution >= 4 is 0 Å². The van der Waals surface area contributed by atoms with E-state index in [0.717, 1.165) is 24.2 Å². The van der Waals surface area contributed by atoms with Gasteiger partial charge in [0.05, 0.1) is 0 Å². The molecule has 0 unspecified atom stereocenters. The van der Waals surface area contributed by atoms with Crippen LogP contribution >= 0.6 is 0 Å². The van der Waals surface area contributed by atoms with E-state index in [4.69, 9.17) is 0 Å². The molecule has 0 saturated carbocycles. The van der Waals surface area contributed by atoms with E-state index in [-0.39, 0.29) is 5.82 Å². The SMILES string of the molecule is CCCCCN(C)Cc1ccc(C)c(F)c1. The summed E-state index contributed by atoms with van der Waals surface area (Å²) in [6, 6.07) is 5.50. The molecule has 0 fully saturated rings. The van der Waals surface area contributed by atoms with Crippen molar-refractivity contribution in [1.29, 1.82) is 0 Å². The first-order valence-corrected chi connectivity index (χ1v) is 6.07. The average Bonchev–Trinajstić information content (AvgIpc) is 2.24. The van der Waals surface area contributed by atoms with E-state index in [1.807, 2.05) is 12.1 Å². The van der Waals surface area contributed by atoms with Crippen molar-refractivity contribution in [3.05, 3.63) is 35.1 Å². The van der Waals surface area contributed by atoms with Gasteiger partial charge in [0, 0.05) is 6.54 Å². The number of hydrogen-bond donors (Lipinski definition) is 0. The van der Waals surface area contributed by atoms with Crippen LogP contribution in [-0.4, -0.2) is 18.5 Å². The van der Waals surface area contributed by atoms with Gasteiger partial charge in [-0.1, -0.05) is 31.9 Å². The van der Waals surface area contributed by atoms with Crippen molar-refractivity contribution in [3.8, 4) is 0 Å². The summed E-state index contributed by atoms with van der Waals surface area (Å²) in [5, 5.41) is 0. The summed E-state index contributed by atoms with van der Waals surface area (Å²) in [5.41, 5.74) is 1.78. The Kier molecular flexibility index (Phi) is 5.47. The molecule has 0 aliphatic heterocycles. The molecule has 1 aromatic carbocycles. The fourth-order valence-electron chi connectivity index (χ4n) is 1.76. The molecule has 90 valence electrons. The average molecular weight is 223 g/mol. The molecule has 0 bridgehead atoms. The van der Waals surface area contributed by atoms with Crippen molar-refractivity contribution in [2.75, 3.05) is 13.6 Å². The van der Waals surface area contributed by atoms with Gasteiger partial charge in [-0.05, 0) is 44.1 Å². The Morgan fingerprint density at radius 2 is 2.00 bits per heavy atom. The largest absolute Gasteiger partial charge is 0.302 e. The van der Waals surface area contributed by atoms with Crippen molar-refractivity contribution in [2.45, 2.75) is 39.7 Å². The molecule has 2 heteroatoms. The van der Waals surface area contributed by atoms with E-state index in [2.05, 4.69) is 18.9 Å². The van der Waals surface area contributed by atoms with Crippen LogP contribution in [-0.2, 0) is 6.54 Å². The molecule has 0 atom stereocenters. The van der Waals surface area contributed by atoms with Crippen molar-refractivity contribution in [3.63, 3.8) is 0 Å². The van der Waals surface area contributed by atoms with Crippen LogP contribution in [0.2, 0.25) is 0 Å². The molecular weight excluding hydrogens is 201 g/mol. The lowest BCUT2D eigenvalue weighted by Gasteiger charge is -2.16. The summed E-state index contributed by atoms with van der Waals surface area (Å²) in [4.78, 5) is 2.25. The highest BCUT2D eigenvalue weighted by molar-refractivity contribution is 5.23. The molecular formula is C14H22FN. The van der Waals surface area contributed by atoms with Crippen molar-refractivity contribution < 1.29 is 4.39 Å². The van der Waals surface area contributed by atoms with Gasteiger partial charge in [0.15, 0.2) is 0 Å². The molecule has 0 aliphatic carbocycles. The molecule has 0 amide bonds. The highest BCUT2D eigenvalue weighted by Crippen LogP contribution is 2.11. The van der Waals surface area contributed by atoms with Gasteiger partial charge < -0.3 is 4.90 Å². The van der Waals surface area contributed by atoms with E-state index in [9.17, 15) is 4.39 Å². The van der Waals surface area contributed by atoms with Crippen molar-refractivity contribution in [1.82, 2.24) is 4.90 Å². The second-order valence-electron chi connectivity index (χ2n) is 4.53. The summed E-state index contributed by atoms with van der Waals surface area (Å²) >= 11 is 0. The zero-order valence-corrected chi connectivity index (χ0v) is 10.6. The number of benzene rings is 1.